The zero-order chi connectivity index (χ0) is 16.0. The normalized spacial score (nSPS) is 49.6. The van der Waals surface area contributed by atoms with E-state index in [0.29, 0.717) is 24.0 Å². The first-order chi connectivity index (χ1) is 10.9. The fourth-order valence-corrected chi connectivity index (χ4v) is 6.70. The number of aliphatic hydroxyl groups is 2. The van der Waals surface area contributed by atoms with Crippen molar-refractivity contribution >= 4 is 0 Å². The van der Waals surface area contributed by atoms with Gasteiger partial charge in [0.2, 0.25) is 0 Å². The van der Waals surface area contributed by atoms with Crippen LogP contribution < -0.4 is 0 Å². The van der Waals surface area contributed by atoms with Gasteiger partial charge in [0.15, 0.2) is 0 Å². The number of rotatable bonds is 0. The molecule has 3 N–H and O–H groups in total. The first kappa shape index (κ1) is 14.1. The summed E-state index contributed by atoms with van der Waals surface area (Å²) < 4.78 is 0. The molecule has 0 spiro atoms. The van der Waals surface area contributed by atoms with Crippen molar-refractivity contribution in [2.45, 2.75) is 56.7 Å². The van der Waals surface area contributed by atoms with Gasteiger partial charge in [-0.2, -0.15) is 0 Å². The molecule has 3 heteroatoms. The molecule has 0 amide bonds. The minimum atomic E-state index is -1.05. The predicted molar refractivity (Wildman–Crippen MR) is 87.1 cm³/mol. The van der Waals surface area contributed by atoms with E-state index in [1.807, 2.05) is 12.1 Å². The third kappa shape index (κ3) is 1.37. The molecule has 6 atom stereocenters. The first-order valence-corrected chi connectivity index (χ1v) is 8.84. The van der Waals surface area contributed by atoms with Gasteiger partial charge >= 0.3 is 0 Å². The highest BCUT2D eigenvalue weighted by atomic mass is 16.3. The van der Waals surface area contributed by atoms with Crippen molar-refractivity contribution in [2.24, 2.45) is 16.7 Å². The maximum atomic E-state index is 11.1. The van der Waals surface area contributed by atoms with Crippen LogP contribution >= 0.6 is 0 Å². The lowest BCUT2D eigenvalue weighted by molar-refractivity contribution is -0.112. The van der Waals surface area contributed by atoms with Gasteiger partial charge in [-0.15, -0.1) is 0 Å². The lowest BCUT2D eigenvalue weighted by Crippen LogP contribution is -2.53. The van der Waals surface area contributed by atoms with Gasteiger partial charge in [-0.1, -0.05) is 25.1 Å². The molecule has 23 heavy (non-hydrogen) atoms. The molecule has 0 aliphatic heterocycles. The number of aryl methyl sites for hydroxylation is 1. The summed E-state index contributed by atoms with van der Waals surface area (Å²) in [7, 11) is 0. The van der Waals surface area contributed by atoms with E-state index in [1.165, 1.54) is 11.1 Å². The van der Waals surface area contributed by atoms with Crippen molar-refractivity contribution in [2.75, 3.05) is 0 Å². The number of phenolic OH excluding ortho intramolecular Hbond substituents is 1. The molecule has 0 saturated heterocycles. The van der Waals surface area contributed by atoms with Gasteiger partial charge in [0.25, 0.3) is 0 Å². The van der Waals surface area contributed by atoms with Crippen LogP contribution in [0.3, 0.4) is 0 Å². The summed E-state index contributed by atoms with van der Waals surface area (Å²) in [5.74, 6) is 1.30. The fourth-order valence-electron chi connectivity index (χ4n) is 6.70. The summed E-state index contributed by atoms with van der Waals surface area (Å²) in [5.41, 5.74) is 1.28. The van der Waals surface area contributed by atoms with Crippen molar-refractivity contribution in [3.05, 3.63) is 41.5 Å². The minimum Gasteiger partial charge on any atom is -0.508 e. The van der Waals surface area contributed by atoms with Crippen molar-refractivity contribution < 1.29 is 15.3 Å². The highest BCUT2D eigenvalue weighted by Crippen LogP contribution is 2.74. The van der Waals surface area contributed by atoms with Gasteiger partial charge in [0, 0.05) is 10.8 Å². The Morgan fingerprint density at radius 2 is 2.00 bits per heavy atom. The number of aliphatic hydroxyl groups excluding tert-OH is 1. The number of aromatic hydroxyl groups is 1. The monoisotopic (exact) mass is 312 g/mol. The number of hydrogen-bond acceptors (Lipinski definition) is 3. The molecular formula is C20H24O3. The smallest absolute Gasteiger partial charge is 0.115 e. The van der Waals surface area contributed by atoms with Gasteiger partial charge in [-0.25, -0.2) is 0 Å². The molecule has 2 bridgehead atoms. The zero-order valence-corrected chi connectivity index (χ0v) is 13.5. The van der Waals surface area contributed by atoms with E-state index in [1.54, 1.807) is 6.07 Å². The Labute approximate surface area is 136 Å². The maximum absolute atomic E-state index is 11.1. The van der Waals surface area contributed by atoms with E-state index in [0.717, 1.165) is 25.7 Å². The molecule has 1 aromatic rings. The van der Waals surface area contributed by atoms with Crippen LogP contribution in [0.2, 0.25) is 0 Å². The standard InChI is InChI=1S/C20H24O3/c1-18-7-6-15-14-4-3-13(21)10-12(14)2-5-16(15)19(18)8-9-20(18,23)17(22)11-19/h3-4,8-10,15-17,21-23H,2,5-7,11H2,1H3/t15-,16-,17-,18+,19+,20-/m1/s1. The molecule has 2 saturated carbocycles. The quantitative estimate of drug-likeness (QED) is 0.646. The Bertz CT molecular complexity index is 726. The summed E-state index contributed by atoms with van der Waals surface area (Å²) in [6.07, 6.45) is 8.22. The molecule has 0 unspecified atom stereocenters. The van der Waals surface area contributed by atoms with Gasteiger partial charge in [-0.05, 0) is 67.2 Å². The number of fused-ring (bicyclic) bond motifs is 3. The fraction of sp³-hybridized carbons (Fsp3) is 0.600. The summed E-state index contributed by atoms with van der Waals surface area (Å²) in [6.45, 7) is 2.19. The molecule has 4 aliphatic carbocycles. The second-order valence-electron chi connectivity index (χ2n) is 8.42. The molecule has 122 valence electrons. The average Bonchev–Trinajstić information content (AvgIpc) is 2.86. The largest absolute Gasteiger partial charge is 0.508 e. The van der Waals surface area contributed by atoms with Crippen LogP contribution in [-0.2, 0) is 6.42 Å². The minimum absolute atomic E-state index is 0.0837. The van der Waals surface area contributed by atoms with Crippen molar-refractivity contribution in [3.63, 3.8) is 0 Å². The molecule has 1 aromatic carbocycles. The molecule has 4 aliphatic rings. The SMILES string of the molecule is C[C@]12CC[C@@H]3c4ccc(O)cc4CC[C@H]3[C@@]13C=C[C@@]2(O)[C@H](O)C3. The topological polar surface area (TPSA) is 60.7 Å². The van der Waals surface area contributed by atoms with E-state index >= 15 is 0 Å². The Morgan fingerprint density at radius 3 is 2.78 bits per heavy atom. The van der Waals surface area contributed by atoms with Crippen LogP contribution in [0.1, 0.15) is 49.7 Å². The van der Waals surface area contributed by atoms with Crippen LogP contribution in [0.4, 0.5) is 0 Å². The zero-order valence-electron chi connectivity index (χ0n) is 13.5. The van der Waals surface area contributed by atoms with Gasteiger partial charge in [0.05, 0.1) is 6.10 Å². The van der Waals surface area contributed by atoms with Crippen LogP contribution in [0.25, 0.3) is 0 Å². The number of allylic oxidation sites excluding steroid dienone is 1. The second kappa shape index (κ2) is 4.01. The summed E-state index contributed by atoms with van der Waals surface area (Å²) >= 11 is 0. The number of benzene rings is 1. The molecule has 0 heterocycles. The maximum Gasteiger partial charge on any atom is 0.115 e. The third-order valence-corrected chi connectivity index (χ3v) is 7.94. The van der Waals surface area contributed by atoms with Crippen molar-refractivity contribution in [3.8, 4) is 5.75 Å². The van der Waals surface area contributed by atoms with Crippen molar-refractivity contribution in [1.82, 2.24) is 0 Å². The van der Waals surface area contributed by atoms with E-state index in [4.69, 9.17) is 0 Å². The summed E-state index contributed by atoms with van der Waals surface area (Å²) in [6, 6.07) is 5.81. The summed E-state index contributed by atoms with van der Waals surface area (Å²) in [5, 5.41) is 31.4. The van der Waals surface area contributed by atoms with Crippen LogP contribution in [0, 0.1) is 16.7 Å². The van der Waals surface area contributed by atoms with Crippen molar-refractivity contribution in [1.29, 1.82) is 0 Å². The third-order valence-electron chi connectivity index (χ3n) is 7.94. The second-order valence-corrected chi connectivity index (χ2v) is 8.42. The average molecular weight is 312 g/mol. The lowest BCUT2D eigenvalue weighted by atomic mass is 9.48. The van der Waals surface area contributed by atoms with Gasteiger partial charge < -0.3 is 15.3 Å². The van der Waals surface area contributed by atoms with Gasteiger partial charge in [-0.3, -0.25) is 0 Å². The number of hydrogen-bond donors (Lipinski definition) is 3. The molecule has 2 fully saturated rings. The molecular weight excluding hydrogens is 288 g/mol. The van der Waals surface area contributed by atoms with E-state index in [2.05, 4.69) is 19.1 Å². The van der Waals surface area contributed by atoms with Gasteiger partial charge in [0.1, 0.15) is 11.4 Å². The number of phenols is 1. The highest BCUT2D eigenvalue weighted by molar-refractivity contribution is 5.45. The Hall–Kier alpha value is -1.32. The van der Waals surface area contributed by atoms with E-state index < -0.39 is 11.7 Å². The first-order valence-electron chi connectivity index (χ1n) is 8.84. The predicted octanol–water partition coefficient (Wildman–Crippen LogP) is 2.89. The van der Waals surface area contributed by atoms with E-state index in [9.17, 15) is 15.3 Å². The molecule has 0 aromatic heterocycles. The van der Waals surface area contributed by atoms with Crippen LogP contribution in [0.5, 0.6) is 5.75 Å². The molecule has 5 rings (SSSR count). The Morgan fingerprint density at radius 1 is 1.17 bits per heavy atom. The lowest BCUT2D eigenvalue weighted by Gasteiger charge is -2.56. The van der Waals surface area contributed by atoms with E-state index in [-0.39, 0.29) is 10.8 Å². The van der Waals surface area contributed by atoms with Crippen LogP contribution in [0.15, 0.2) is 30.4 Å². The Balaban J connectivity index is 1.64. The Kier molecular flexibility index (Phi) is 2.45. The van der Waals surface area contributed by atoms with Crippen LogP contribution in [-0.4, -0.2) is 27.0 Å². The highest BCUT2D eigenvalue weighted by Gasteiger charge is 2.74. The molecule has 0 radical (unpaired) electrons. The summed E-state index contributed by atoms with van der Waals surface area (Å²) in [4.78, 5) is 0. The molecule has 3 nitrogen and oxygen atoms in total.